The van der Waals surface area contributed by atoms with E-state index in [2.05, 4.69) is 6.92 Å². The Morgan fingerprint density at radius 2 is 1.76 bits per heavy atom. The van der Waals surface area contributed by atoms with Gasteiger partial charge >= 0.3 is 0 Å². The second-order valence-electron chi connectivity index (χ2n) is 5.04. The first-order valence-electron chi connectivity index (χ1n) is 5.95. The monoisotopic (exact) mass is 313 g/mol. The Morgan fingerprint density at radius 1 is 1.18 bits per heavy atom. The van der Waals surface area contributed by atoms with Crippen LogP contribution in [0.15, 0.2) is 0 Å². The third-order valence-electron chi connectivity index (χ3n) is 3.75. The Labute approximate surface area is 113 Å². The van der Waals surface area contributed by atoms with E-state index in [0.29, 0.717) is 11.0 Å². The molecule has 17 heavy (non-hydrogen) atoms. The van der Waals surface area contributed by atoms with E-state index >= 15 is 0 Å². The lowest BCUT2D eigenvalue weighted by molar-refractivity contribution is -0.946. The van der Waals surface area contributed by atoms with Crippen LogP contribution in [0.2, 0.25) is 0 Å². The standard InChI is InChI=1S/C11H24NO4.BrH/c1-3-4-5-12(2)6-9(14)11(16)10(15)8(12)7-13;/h8-11,13-16H,3-7H2,1-2H3;1H/q+1;/p-1/t8-,9-,10-,11-,12?;/m1./s1. The third kappa shape index (κ3) is 3.62. The summed E-state index contributed by atoms with van der Waals surface area (Å²) < 4.78 is 0.420. The fourth-order valence-electron chi connectivity index (χ4n) is 2.58. The van der Waals surface area contributed by atoms with E-state index in [1.165, 1.54) is 0 Å². The minimum Gasteiger partial charge on any atom is -1.00 e. The Bertz CT molecular complexity index is 232. The first-order valence-corrected chi connectivity index (χ1v) is 5.95. The molecule has 6 heteroatoms. The Balaban J connectivity index is 0.00000256. The molecule has 5 atom stereocenters. The first kappa shape index (κ1) is 17.3. The van der Waals surface area contributed by atoms with Gasteiger partial charge in [0, 0.05) is 0 Å². The Kier molecular flexibility index (Phi) is 7.13. The predicted molar refractivity (Wildman–Crippen MR) is 59.7 cm³/mol. The van der Waals surface area contributed by atoms with E-state index in [9.17, 15) is 20.4 Å². The maximum absolute atomic E-state index is 9.86. The fourth-order valence-corrected chi connectivity index (χ4v) is 2.58. The minimum absolute atomic E-state index is 0. The summed E-state index contributed by atoms with van der Waals surface area (Å²) in [6.07, 6.45) is -1.12. The highest BCUT2D eigenvalue weighted by molar-refractivity contribution is 4.87. The van der Waals surface area contributed by atoms with Crippen LogP contribution < -0.4 is 17.0 Å². The van der Waals surface area contributed by atoms with Crippen molar-refractivity contribution in [2.75, 3.05) is 26.7 Å². The molecule has 1 fully saturated rings. The lowest BCUT2D eigenvalue weighted by Crippen LogP contribution is -3.00. The molecule has 4 N–H and O–H groups in total. The molecule has 104 valence electrons. The molecule has 0 aromatic carbocycles. The summed E-state index contributed by atoms with van der Waals surface area (Å²) in [6.45, 7) is 3.07. The second kappa shape index (κ2) is 7.01. The molecule has 0 aliphatic carbocycles. The number of hydrogen-bond acceptors (Lipinski definition) is 4. The molecule has 1 rings (SSSR count). The van der Waals surface area contributed by atoms with Crippen LogP contribution in [0.4, 0.5) is 0 Å². The summed E-state index contributed by atoms with van der Waals surface area (Å²) in [5.74, 6) is 0. The van der Waals surface area contributed by atoms with Crippen molar-refractivity contribution in [1.29, 1.82) is 0 Å². The summed E-state index contributed by atoms with van der Waals surface area (Å²) in [6, 6.07) is -0.412. The maximum atomic E-state index is 9.86. The van der Waals surface area contributed by atoms with Crippen molar-refractivity contribution in [3.63, 3.8) is 0 Å². The first-order chi connectivity index (χ1) is 7.46. The topological polar surface area (TPSA) is 80.9 Å². The number of likely N-dealkylation sites (N-methyl/N-ethyl adjacent to an activating group) is 1. The van der Waals surface area contributed by atoms with Crippen LogP contribution in [0.3, 0.4) is 0 Å². The van der Waals surface area contributed by atoms with Gasteiger partial charge in [-0.3, -0.25) is 0 Å². The highest BCUT2D eigenvalue weighted by atomic mass is 79.9. The molecule has 1 aliphatic heterocycles. The summed E-state index contributed by atoms with van der Waals surface area (Å²) in [7, 11) is 1.91. The molecular formula is C11H24BrNO4. The van der Waals surface area contributed by atoms with Gasteiger partial charge in [0.25, 0.3) is 0 Å². The number of aliphatic hydroxyl groups excluding tert-OH is 4. The molecular weight excluding hydrogens is 290 g/mol. The zero-order valence-electron chi connectivity index (χ0n) is 10.5. The van der Waals surface area contributed by atoms with Crippen LogP contribution in [-0.4, -0.2) is 76.0 Å². The van der Waals surface area contributed by atoms with E-state index in [4.69, 9.17) is 0 Å². The normalized spacial score (nSPS) is 42.0. The van der Waals surface area contributed by atoms with Crippen molar-refractivity contribution in [1.82, 2.24) is 0 Å². The van der Waals surface area contributed by atoms with Gasteiger partial charge in [0.15, 0.2) is 0 Å². The van der Waals surface area contributed by atoms with Gasteiger partial charge in [0.05, 0.1) is 20.2 Å². The molecule has 1 unspecified atom stereocenters. The number of halogens is 1. The molecule has 1 saturated heterocycles. The molecule has 0 radical (unpaired) electrons. The van der Waals surface area contributed by atoms with Crippen molar-refractivity contribution >= 4 is 0 Å². The van der Waals surface area contributed by atoms with Crippen molar-refractivity contribution in [2.45, 2.75) is 44.1 Å². The summed E-state index contributed by atoms with van der Waals surface area (Å²) in [5.41, 5.74) is 0. The highest BCUT2D eigenvalue weighted by Gasteiger charge is 2.49. The van der Waals surface area contributed by atoms with Gasteiger partial charge in [0.2, 0.25) is 0 Å². The molecule has 0 saturated carbocycles. The van der Waals surface area contributed by atoms with Crippen molar-refractivity contribution in [2.24, 2.45) is 0 Å². The number of unbranched alkanes of at least 4 members (excludes halogenated alkanes) is 1. The van der Waals surface area contributed by atoms with Gasteiger partial charge in [-0.15, -0.1) is 0 Å². The number of quaternary nitrogens is 1. The van der Waals surface area contributed by atoms with Crippen LogP contribution in [-0.2, 0) is 0 Å². The average molecular weight is 314 g/mol. The van der Waals surface area contributed by atoms with Crippen molar-refractivity contribution in [3.8, 4) is 0 Å². The number of likely N-dealkylation sites (tertiary alicyclic amines) is 1. The highest BCUT2D eigenvalue weighted by Crippen LogP contribution is 2.25. The Morgan fingerprint density at radius 3 is 2.24 bits per heavy atom. The van der Waals surface area contributed by atoms with E-state index < -0.39 is 24.4 Å². The van der Waals surface area contributed by atoms with Crippen LogP contribution >= 0.6 is 0 Å². The molecule has 1 aliphatic rings. The quantitative estimate of drug-likeness (QED) is 0.396. The molecule has 0 amide bonds. The molecule has 0 bridgehead atoms. The lowest BCUT2D eigenvalue weighted by Gasteiger charge is -2.49. The Hall–Kier alpha value is 0.280. The number of hydrogen-bond donors (Lipinski definition) is 4. The van der Waals surface area contributed by atoms with E-state index in [0.717, 1.165) is 19.4 Å². The largest absolute Gasteiger partial charge is 1.00 e. The predicted octanol–water partition coefficient (Wildman–Crippen LogP) is -4.31. The van der Waals surface area contributed by atoms with Crippen LogP contribution in [0.1, 0.15) is 19.8 Å². The van der Waals surface area contributed by atoms with Gasteiger partial charge in [-0.1, -0.05) is 13.3 Å². The number of rotatable bonds is 4. The van der Waals surface area contributed by atoms with Gasteiger partial charge < -0.3 is 41.9 Å². The molecule has 0 spiro atoms. The fraction of sp³-hybridized carbons (Fsp3) is 1.00. The van der Waals surface area contributed by atoms with E-state index in [1.54, 1.807) is 0 Å². The van der Waals surface area contributed by atoms with Gasteiger partial charge in [-0.05, 0) is 6.42 Å². The zero-order chi connectivity index (χ0) is 12.3. The number of piperidine rings is 1. The van der Waals surface area contributed by atoms with Crippen molar-refractivity contribution in [3.05, 3.63) is 0 Å². The average Bonchev–Trinajstić information content (AvgIpc) is 2.24. The van der Waals surface area contributed by atoms with Crippen LogP contribution in [0, 0.1) is 0 Å². The summed E-state index contributed by atoms with van der Waals surface area (Å²) in [4.78, 5) is 0. The van der Waals surface area contributed by atoms with Gasteiger partial charge in [0.1, 0.15) is 30.9 Å². The maximum Gasteiger partial charge on any atom is 0.141 e. The van der Waals surface area contributed by atoms with Gasteiger partial charge in [-0.25, -0.2) is 0 Å². The van der Waals surface area contributed by atoms with E-state index in [1.807, 2.05) is 7.05 Å². The lowest BCUT2D eigenvalue weighted by atomic mass is 9.91. The van der Waals surface area contributed by atoms with Gasteiger partial charge in [-0.2, -0.15) is 0 Å². The van der Waals surface area contributed by atoms with E-state index in [-0.39, 0.29) is 23.6 Å². The van der Waals surface area contributed by atoms with Crippen LogP contribution in [0.25, 0.3) is 0 Å². The zero-order valence-corrected chi connectivity index (χ0v) is 12.0. The molecule has 1 heterocycles. The smallest absolute Gasteiger partial charge is 0.141 e. The third-order valence-corrected chi connectivity index (χ3v) is 3.75. The minimum atomic E-state index is -1.15. The van der Waals surface area contributed by atoms with Crippen LogP contribution in [0.5, 0.6) is 0 Å². The summed E-state index contributed by atoms with van der Waals surface area (Å²) >= 11 is 0. The SMILES string of the molecule is CCCC[N+]1(C)C[C@@H](O)[C@@H](O)[C@H](O)[C@H]1CO.[Br-]. The summed E-state index contributed by atoms with van der Waals surface area (Å²) in [5, 5.41) is 38.5. The molecule has 0 aromatic heterocycles. The van der Waals surface area contributed by atoms with Crippen molar-refractivity contribution < 1.29 is 41.9 Å². The molecule has 5 nitrogen and oxygen atoms in total. The number of nitrogens with zero attached hydrogens (tertiary/aromatic N) is 1. The number of aliphatic hydroxyl groups is 4. The second-order valence-corrected chi connectivity index (χ2v) is 5.04. The molecule has 0 aromatic rings.